The lowest BCUT2D eigenvalue weighted by atomic mass is 9.73. The van der Waals surface area contributed by atoms with Gasteiger partial charge in [0.15, 0.2) is 0 Å². The van der Waals surface area contributed by atoms with Gasteiger partial charge >= 0.3 is 6.03 Å². The Morgan fingerprint density at radius 2 is 1.79 bits per heavy atom. The molecule has 7 heteroatoms. The van der Waals surface area contributed by atoms with Crippen LogP contribution in [0.15, 0.2) is 54.6 Å². The molecule has 232 valence electrons. The highest BCUT2D eigenvalue weighted by Crippen LogP contribution is 2.43. The summed E-state index contributed by atoms with van der Waals surface area (Å²) >= 11 is 0. The number of rotatable bonds is 15. The number of ether oxygens (including phenoxy) is 2. The number of nitrogens with one attached hydrogen (secondary N) is 2. The van der Waals surface area contributed by atoms with Crippen LogP contribution in [0.4, 0.5) is 4.79 Å². The topological polar surface area (TPSA) is 83.1 Å². The van der Waals surface area contributed by atoms with E-state index in [2.05, 4.69) is 10.6 Å². The van der Waals surface area contributed by atoms with Gasteiger partial charge in [-0.25, -0.2) is 4.79 Å². The third-order valence-corrected chi connectivity index (χ3v) is 9.25. The van der Waals surface area contributed by atoms with Gasteiger partial charge < -0.3 is 30.1 Å². The van der Waals surface area contributed by atoms with E-state index >= 15 is 0 Å². The zero-order valence-electron chi connectivity index (χ0n) is 25.9. The van der Waals surface area contributed by atoms with E-state index in [9.17, 15) is 9.90 Å². The molecule has 1 saturated heterocycles. The number of aliphatic hydroxyl groups is 1. The van der Waals surface area contributed by atoms with Crippen molar-refractivity contribution < 1.29 is 19.4 Å². The number of hydrogen-bond acceptors (Lipinski definition) is 5. The van der Waals surface area contributed by atoms with Crippen LogP contribution in [0.2, 0.25) is 0 Å². The van der Waals surface area contributed by atoms with Gasteiger partial charge in [0.1, 0.15) is 12.4 Å². The van der Waals surface area contributed by atoms with Gasteiger partial charge in [0.05, 0.1) is 5.60 Å². The summed E-state index contributed by atoms with van der Waals surface area (Å²) in [5, 5.41) is 19.2. The van der Waals surface area contributed by atoms with Crippen molar-refractivity contribution in [2.75, 3.05) is 40.4 Å². The summed E-state index contributed by atoms with van der Waals surface area (Å²) in [6, 6.07) is 18.1. The van der Waals surface area contributed by atoms with Crippen LogP contribution in [-0.2, 0) is 16.9 Å². The number of likely N-dealkylation sites (tertiary alicyclic amines) is 1. The van der Waals surface area contributed by atoms with Crippen molar-refractivity contribution in [3.63, 3.8) is 0 Å². The lowest BCUT2D eigenvalue weighted by molar-refractivity contribution is -0.0581. The van der Waals surface area contributed by atoms with Gasteiger partial charge in [-0.1, -0.05) is 80.6 Å². The van der Waals surface area contributed by atoms with E-state index in [1.54, 1.807) is 7.11 Å². The van der Waals surface area contributed by atoms with E-state index in [1.165, 1.54) is 32.1 Å². The first kappa shape index (κ1) is 32.3. The summed E-state index contributed by atoms with van der Waals surface area (Å²) < 4.78 is 11.6. The first-order valence-electron chi connectivity index (χ1n) is 16.2. The van der Waals surface area contributed by atoms with Crippen molar-refractivity contribution >= 4 is 6.03 Å². The van der Waals surface area contributed by atoms with E-state index in [4.69, 9.17) is 9.47 Å². The van der Waals surface area contributed by atoms with Gasteiger partial charge in [-0.2, -0.15) is 0 Å². The van der Waals surface area contributed by atoms with E-state index in [0.717, 1.165) is 49.8 Å². The molecule has 4 rings (SSSR count). The number of likely N-dealkylation sites (N-methyl/N-ethyl adjacent to an activating group) is 1. The van der Waals surface area contributed by atoms with Gasteiger partial charge in [0.2, 0.25) is 0 Å². The molecule has 0 radical (unpaired) electrons. The van der Waals surface area contributed by atoms with E-state index in [-0.39, 0.29) is 18.0 Å². The minimum Gasteiger partial charge on any atom is -0.489 e. The maximum atomic E-state index is 13.6. The number of unbranched alkanes of at least 4 members (excludes halogenated alkanes) is 1. The molecular formula is C35H53N3O4. The fraction of sp³-hybridized carbons (Fsp3) is 0.629. The number of para-hydroxylation sites is 1. The Hall–Kier alpha value is -2.61. The summed E-state index contributed by atoms with van der Waals surface area (Å²) in [5.41, 5.74) is 0.781. The standard InChI is InChI=1S/C35H53N3O4/c1-36-25-31(24-28-14-5-3-6-15-28)37-34(39)38-22-13-18-30(26-38)35(40,21-11-12-23-41-2)32-19-9-10-20-33(32)42-27-29-16-7-4-8-17-29/h4,7-10,16-17,19-20,28,30-31,36,40H,3,5-6,11-15,18,21-27H2,1-2H3,(H,37,39). The number of carbonyl (C=O) groups excluding carboxylic acids is 1. The molecule has 1 saturated carbocycles. The van der Waals surface area contributed by atoms with Crippen LogP contribution in [0.3, 0.4) is 0 Å². The predicted octanol–water partition coefficient (Wildman–Crippen LogP) is 6.25. The highest BCUT2D eigenvalue weighted by atomic mass is 16.5. The van der Waals surface area contributed by atoms with E-state index in [0.29, 0.717) is 44.4 Å². The summed E-state index contributed by atoms with van der Waals surface area (Å²) in [4.78, 5) is 15.6. The first-order chi connectivity index (χ1) is 20.5. The highest BCUT2D eigenvalue weighted by molar-refractivity contribution is 5.74. The first-order valence-corrected chi connectivity index (χ1v) is 16.2. The van der Waals surface area contributed by atoms with Crippen LogP contribution in [0, 0.1) is 11.8 Å². The van der Waals surface area contributed by atoms with Crippen molar-refractivity contribution in [3.8, 4) is 5.75 Å². The van der Waals surface area contributed by atoms with Crippen LogP contribution in [0.1, 0.15) is 81.8 Å². The van der Waals surface area contributed by atoms with Crippen molar-refractivity contribution in [1.82, 2.24) is 15.5 Å². The maximum Gasteiger partial charge on any atom is 0.317 e. The average molecular weight is 580 g/mol. The van der Waals surface area contributed by atoms with E-state index in [1.807, 2.05) is 66.5 Å². The average Bonchev–Trinajstić information content (AvgIpc) is 3.03. The second kappa shape index (κ2) is 16.9. The maximum absolute atomic E-state index is 13.6. The lowest BCUT2D eigenvalue weighted by Gasteiger charge is -2.43. The molecular weight excluding hydrogens is 526 g/mol. The minimum absolute atomic E-state index is 0.00824. The normalized spacial score (nSPS) is 20.1. The molecule has 3 unspecified atom stereocenters. The third-order valence-electron chi connectivity index (χ3n) is 9.25. The number of piperidine rings is 1. The van der Waals surface area contributed by atoms with Gasteiger partial charge in [0.25, 0.3) is 0 Å². The molecule has 2 aliphatic rings. The highest BCUT2D eigenvalue weighted by Gasteiger charge is 2.43. The zero-order valence-corrected chi connectivity index (χ0v) is 25.9. The number of amides is 2. The van der Waals surface area contributed by atoms with Crippen molar-refractivity contribution in [3.05, 3.63) is 65.7 Å². The summed E-state index contributed by atoms with van der Waals surface area (Å²) in [5.74, 6) is 1.30. The van der Waals surface area contributed by atoms with Gasteiger partial charge in [-0.15, -0.1) is 0 Å². The number of benzene rings is 2. The molecule has 2 aromatic carbocycles. The predicted molar refractivity (Wildman–Crippen MR) is 169 cm³/mol. The van der Waals surface area contributed by atoms with Gasteiger partial charge in [0, 0.05) is 50.9 Å². The molecule has 0 bridgehead atoms. The smallest absolute Gasteiger partial charge is 0.317 e. The van der Waals surface area contributed by atoms with Crippen molar-refractivity contribution in [2.45, 2.75) is 88.9 Å². The molecule has 3 N–H and O–H groups in total. The second-order valence-corrected chi connectivity index (χ2v) is 12.4. The van der Waals surface area contributed by atoms with Gasteiger partial charge in [-0.05, 0) is 63.1 Å². The largest absolute Gasteiger partial charge is 0.489 e. The summed E-state index contributed by atoms with van der Waals surface area (Å²) in [6.07, 6.45) is 11.5. The fourth-order valence-electron chi connectivity index (χ4n) is 6.97. The Bertz CT molecular complexity index is 1060. The third kappa shape index (κ3) is 9.19. The molecule has 2 amide bonds. The molecule has 2 aromatic rings. The van der Waals surface area contributed by atoms with Crippen molar-refractivity contribution in [1.29, 1.82) is 0 Å². The number of hydrogen-bond donors (Lipinski definition) is 3. The van der Waals surface area contributed by atoms with Crippen LogP contribution in [-0.4, -0.2) is 62.5 Å². The van der Waals surface area contributed by atoms with E-state index < -0.39 is 5.60 Å². The molecule has 7 nitrogen and oxygen atoms in total. The summed E-state index contributed by atoms with van der Waals surface area (Å²) in [7, 11) is 3.67. The molecule has 1 aliphatic heterocycles. The van der Waals surface area contributed by atoms with Crippen LogP contribution in [0.25, 0.3) is 0 Å². The Morgan fingerprint density at radius 1 is 1.02 bits per heavy atom. The summed E-state index contributed by atoms with van der Waals surface area (Å²) in [6.45, 7) is 3.11. The molecule has 0 spiro atoms. The molecule has 0 aromatic heterocycles. The number of urea groups is 1. The molecule has 1 heterocycles. The lowest BCUT2D eigenvalue weighted by Crippen LogP contribution is -2.54. The van der Waals surface area contributed by atoms with Gasteiger partial charge in [-0.3, -0.25) is 0 Å². The Labute approximate surface area is 253 Å². The zero-order chi connectivity index (χ0) is 29.6. The molecule has 3 atom stereocenters. The van der Waals surface area contributed by atoms with Crippen LogP contribution < -0.4 is 15.4 Å². The fourth-order valence-corrected chi connectivity index (χ4v) is 6.97. The molecule has 2 fully saturated rings. The molecule has 1 aliphatic carbocycles. The van der Waals surface area contributed by atoms with Crippen LogP contribution in [0.5, 0.6) is 5.75 Å². The van der Waals surface area contributed by atoms with Crippen LogP contribution >= 0.6 is 0 Å². The quantitative estimate of drug-likeness (QED) is 0.217. The molecule has 42 heavy (non-hydrogen) atoms. The minimum atomic E-state index is -1.12. The number of methoxy groups -OCH3 is 1. The number of carbonyl (C=O) groups is 1. The Morgan fingerprint density at radius 3 is 2.55 bits per heavy atom. The second-order valence-electron chi connectivity index (χ2n) is 12.4. The SMILES string of the molecule is CNCC(CC1CCCCC1)NC(=O)N1CCCC(C(O)(CCCCOC)c2ccccc2OCc2ccccc2)C1. The monoisotopic (exact) mass is 579 g/mol. The Kier molecular flexibility index (Phi) is 13.0. The Balaban J connectivity index is 1.49. The number of nitrogens with zero attached hydrogens (tertiary/aromatic N) is 1. The van der Waals surface area contributed by atoms with Crippen molar-refractivity contribution in [2.24, 2.45) is 11.8 Å².